The molecule has 1 aliphatic heterocycles. The first-order valence-electron chi connectivity index (χ1n) is 4.98. The van der Waals surface area contributed by atoms with Crippen LogP contribution < -0.4 is 4.90 Å². The number of rotatable bonds is 2. The normalized spacial score (nSPS) is 21.2. The summed E-state index contributed by atoms with van der Waals surface area (Å²) in [4.78, 5) is 5.78. The summed E-state index contributed by atoms with van der Waals surface area (Å²) in [5.41, 5.74) is 0. The topological polar surface area (TPSA) is 45.6 Å². The van der Waals surface area contributed by atoms with Gasteiger partial charge >= 0.3 is 0 Å². The van der Waals surface area contributed by atoms with Crippen LogP contribution in [0.25, 0.3) is 0 Å². The number of halogens is 2. The third-order valence-corrected chi connectivity index (χ3v) is 2.93. The van der Waals surface area contributed by atoms with Crippen LogP contribution in [0.3, 0.4) is 0 Å². The number of morpholine rings is 1. The molecule has 16 heavy (non-hydrogen) atoms. The Morgan fingerprint density at radius 3 is 3.19 bits per heavy atom. The van der Waals surface area contributed by atoms with Crippen LogP contribution in [0.15, 0.2) is 16.7 Å². The fourth-order valence-corrected chi connectivity index (χ4v) is 2.01. The average molecular weight is 291 g/mol. The van der Waals surface area contributed by atoms with Crippen LogP contribution in [0.4, 0.5) is 10.2 Å². The van der Waals surface area contributed by atoms with E-state index in [1.807, 2.05) is 0 Å². The van der Waals surface area contributed by atoms with Gasteiger partial charge in [0.25, 0.3) is 0 Å². The van der Waals surface area contributed by atoms with Gasteiger partial charge in [-0.3, -0.25) is 0 Å². The molecule has 2 rings (SSSR count). The molecule has 0 amide bonds. The molecule has 0 spiro atoms. The third-order valence-electron chi connectivity index (χ3n) is 2.50. The van der Waals surface area contributed by atoms with Gasteiger partial charge in [0.1, 0.15) is 0 Å². The van der Waals surface area contributed by atoms with Crippen LogP contribution >= 0.6 is 15.9 Å². The van der Waals surface area contributed by atoms with Crippen molar-refractivity contribution in [3.05, 3.63) is 22.6 Å². The lowest BCUT2D eigenvalue weighted by molar-refractivity contribution is 0.0719. The maximum absolute atomic E-state index is 13.7. The van der Waals surface area contributed by atoms with Crippen molar-refractivity contribution in [2.24, 2.45) is 0 Å². The summed E-state index contributed by atoms with van der Waals surface area (Å²) < 4.78 is 19.5. The molecule has 1 saturated heterocycles. The second-order valence-electron chi connectivity index (χ2n) is 3.56. The Morgan fingerprint density at radius 2 is 2.50 bits per heavy atom. The number of pyridine rings is 1. The Morgan fingerprint density at radius 1 is 1.69 bits per heavy atom. The molecule has 6 heteroatoms. The minimum Gasteiger partial charge on any atom is -0.394 e. The molecule has 1 N–H and O–H groups in total. The van der Waals surface area contributed by atoms with Crippen LogP contribution in [0.5, 0.6) is 0 Å². The molecule has 2 heterocycles. The molecular formula is C10H12BrFN2O2. The van der Waals surface area contributed by atoms with Crippen molar-refractivity contribution in [1.82, 2.24) is 4.98 Å². The highest BCUT2D eigenvalue weighted by molar-refractivity contribution is 9.10. The highest BCUT2D eigenvalue weighted by atomic mass is 79.9. The maximum atomic E-state index is 13.7. The molecular weight excluding hydrogens is 279 g/mol. The van der Waals surface area contributed by atoms with Gasteiger partial charge in [-0.15, -0.1) is 0 Å². The minimum atomic E-state index is -0.394. The molecule has 1 fully saturated rings. The smallest absolute Gasteiger partial charge is 0.166 e. The molecule has 1 aromatic heterocycles. The second kappa shape index (κ2) is 5.07. The van der Waals surface area contributed by atoms with Gasteiger partial charge in [0.05, 0.1) is 25.9 Å². The van der Waals surface area contributed by atoms with Gasteiger partial charge in [-0.25, -0.2) is 9.37 Å². The fraction of sp³-hybridized carbons (Fsp3) is 0.500. The minimum absolute atomic E-state index is 0.0722. The van der Waals surface area contributed by atoms with Crippen LogP contribution in [-0.4, -0.2) is 42.5 Å². The van der Waals surface area contributed by atoms with Crippen LogP contribution in [0.2, 0.25) is 0 Å². The zero-order valence-electron chi connectivity index (χ0n) is 8.57. The molecule has 0 bridgehead atoms. The highest BCUT2D eigenvalue weighted by Gasteiger charge is 2.25. The first kappa shape index (κ1) is 11.8. The van der Waals surface area contributed by atoms with E-state index >= 15 is 0 Å². The quantitative estimate of drug-likeness (QED) is 0.889. The van der Waals surface area contributed by atoms with E-state index < -0.39 is 5.82 Å². The number of aliphatic hydroxyl groups is 1. The molecule has 0 aliphatic carbocycles. The Bertz CT molecular complexity index is 378. The predicted molar refractivity (Wildman–Crippen MR) is 60.9 cm³/mol. The zero-order chi connectivity index (χ0) is 11.5. The average Bonchev–Trinajstić information content (AvgIpc) is 2.29. The van der Waals surface area contributed by atoms with Crippen molar-refractivity contribution in [3.63, 3.8) is 0 Å². The fourth-order valence-electron chi connectivity index (χ4n) is 1.70. The Hall–Kier alpha value is -0.720. The summed E-state index contributed by atoms with van der Waals surface area (Å²) in [6, 6.07) is 1.14. The number of ether oxygens (including phenoxy) is 1. The van der Waals surface area contributed by atoms with E-state index in [1.165, 1.54) is 6.07 Å². The molecule has 4 nitrogen and oxygen atoms in total. The highest BCUT2D eigenvalue weighted by Crippen LogP contribution is 2.23. The van der Waals surface area contributed by atoms with E-state index in [9.17, 15) is 9.50 Å². The molecule has 0 aromatic carbocycles. The second-order valence-corrected chi connectivity index (χ2v) is 4.48. The van der Waals surface area contributed by atoms with Gasteiger partial charge in [-0.05, 0) is 22.0 Å². The van der Waals surface area contributed by atoms with Crippen molar-refractivity contribution in [3.8, 4) is 0 Å². The molecule has 1 aromatic rings. The van der Waals surface area contributed by atoms with Gasteiger partial charge < -0.3 is 14.7 Å². The van der Waals surface area contributed by atoms with Gasteiger partial charge in [-0.2, -0.15) is 0 Å². The standard InChI is InChI=1S/C10H12BrFN2O2/c11-7-3-9(12)10(13-4-7)14-1-2-16-6-8(14)5-15/h3-4,8,15H,1-2,5-6H2. The summed E-state index contributed by atoms with van der Waals surface area (Å²) in [5, 5.41) is 9.19. The number of aliphatic hydroxyl groups excluding tert-OH is 1. The van der Waals surface area contributed by atoms with Gasteiger partial charge in [0.2, 0.25) is 0 Å². The molecule has 0 saturated carbocycles. The molecule has 0 radical (unpaired) electrons. The van der Waals surface area contributed by atoms with E-state index in [2.05, 4.69) is 20.9 Å². The van der Waals surface area contributed by atoms with Gasteiger partial charge in [0.15, 0.2) is 11.6 Å². The van der Waals surface area contributed by atoms with Crippen molar-refractivity contribution in [1.29, 1.82) is 0 Å². The Labute approximate surface area is 101 Å². The lowest BCUT2D eigenvalue weighted by Gasteiger charge is -2.35. The van der Waals surface area contributed by atoms with E-state index in [1.54, 1.807) is 11.1 Å². The lowest BCUT2D eigenvalue weighted by Crippen LogP contribution is -2.48. The first-order valence-corrected chi connectivity index (χ1v) is 5.78. The van der Waals surface area contributed by atoms with Gasteiger partial charge in [-0.1, -0.05) is 0 Å². The first-order chi connectivity index (χ1) is 7.72. The molecule has 1 atom stereocenters. The molecule has 1 aliphatic rings. The predicted octanol–water partition coefficient (Wildman–Crippen LogP) is 1.18. The number of hydrogen-bond acceptors (Lipinski definition) is 4. The SMILES string of the molecule is OCC1COCCN1c1ncc(Br)cc1F. The summed E-state index contributed by atoms with van der Waals surface area (Å²) in [6.45, 7) is 1.38. The van der Waals surface area contributed by atoms with Crippen LogP contribution in [-0.2, 0) is 4.74 Å². The maximum Gasteiger partial charge on any atom is 0.166 e. The Kier molecular flexibility index (Phi) is 3.73. The van der Waals surface area contributed by atoms with E-state index in [0.29, 0.717) is 24.2 Å². The van der Waals surface area contributed by atoms with Gasteiger partial charge in [0, 0.05) is 17.2 Å². The Balaban J connectivity index is 2.27. The zero-order valence-corrected chi connectivity index (χ0v) is 10.2. The van der Waals surface area contributed by atoms with Crippen LogP contribution in [0.1, 0.15) is 0 Å². The number of aromatic nitrogens is 1. The summed E-state index contributed by atoms with van der Waals surface area (Å²) >= 11 is 3.16. The van der Waals surface area contributed by atoms with E-state index in [-0.39, 0.29) is 18.5 Å². The monoisotopic (exact) mass is 290 g/mol. The lowest BCUT2D eigenvalue weighted by atomic mass is 10.2. The van der Waals surface area contributed by atoms with Crippen LogP contribution in [0, 0.1) is 5.82 Å². The van der Waals surface area contributed by atoms with E-state index in [4.69, 9.17) is 4.74 Å². The summed E-state index contributed by atoms with van der Waals surface area (Å²) in [7, 11) is 0. The third kappa shape index (κ3) is 2.34. The number of hydrogen-bond donors (Lipinski definition) is 1. The summed E-state index contributed by atoms with van der Waals surface area (Å²) in [6.07, 6.45) is 1.54. The number of nitrogens with zero attached hydrogens (tertiary/aromatic N) is 2. The largest absolute Gasteiger partial charge is 0.394 e. The molecule has 1 unspecified atom stereocenters. The number of anilines is 1. The van der Waals surface area contributed by atoms with Crippen molar-refractivity contribution >= 4 is 21.7 Å². The van der Waals surface area contributed by atoms with Crippen molar-refractivity contribution in [2.45, 2.75) is 6.04 Å². The van der Waals surface area contributed by atoms with E-state index in [0.717, 1.165) is 0 Å². The summed E-state index contributed by atoms with van der Waals surface area (Å²) in [5.74, 6) is -0.125. The van der Waals surface area contributed by atoms with Crippen molar-refractivity contribution < 1.29 is 14.2 Å². The molecule has 88 valence electrons. The van der Waals surface area contributed by atoms with Crippen molar-refractivity contribution in [2.75, 3.05) is 31.3 Å².